The summed E-state index contributed by atoms with van der Waals surface area (Å²) in [6.07, 6.45) is -4.74. The monoisotopic (exact) mass is 327 g/mol. The number of halogens is 3. The summed E-state index contributed by atoms with van der Waals surface area (Å²) < 4.78 is 47.6. The lowest BCUT2D eigenvalue weighted by Crippen LogP contribution is -2.49. The number of anilines is 1. The van der Waals surface area contributed by atoms with Gasteiger partial charge in [-0.2, -0.15) is 13.2 Å². The lowest BCUT2D eigenvalue weighted by Gasteiger charge is -2.36. The highest BCUT2D eigenvalue weighted by molar-refractivity contribution is 5.97. The molecule has 23 heavy (non-hydrogen) atoms. The standard InChI is InChI=1S/C15H12F3NO4/c1-14(6-22-7-14)13(21)19-8-2-3-11-9(4-8)10(20)5-12(23-11)15(16,17)18/h2-5H,6-7H2,1H3,(H,19,21). The Morgan fingerprint density at radius 1 is 1.26 bits per heavy atom. The molecule has 1 aliphatic heterocycles. The summed E-state index contributed by atoms with van der Waals surface area (Å²) in [6.45, 7) is 2.32. The second-order valence-corrected chi connectivity index (χ2v) is 5.69. The second kappa shape index (κ2) is 5.09. The number of fused-ring (bicyclic) bond motifs is 1. The molecule has 0 spiro atoms. The molecular formula is C15H12F3NO4. The fourth-order valence-electron chi connectivity index (χ4n) is 2.20. The van der Waals surface area contributed by atoms with E-state index in [9.17, 15) is 22.8 Å². The molecule has 8 heteroatoms. The molecule has 2 heterocycles. The van der Waals surface area contributed by atoms with Crippen LogP contribution in [0.25, 0.3) is 11.0 Å². The molecule has 0 aliphatic carbocycles. The van der Waals surface area contributed by atoms with Crippen molar-refractivity contribution in [3.05, 3.63) is 40.2 Å². The minimum atomic E-state index is -4.74. The van der Waals surface area contributed by atoms with Crippen molar-refractivity contribution in [3.63, 3.8) is 0 Å². The van der Waals surface area contributed by atoms with Crippen LogP contribution >= 0.6 is 0 Å². The summed E-state index contributed by atoms with van der Waals surface area (Å²) >= 11 is 0. The van der Waals surface area contributed by atoms with Crippen LogP contribution in [0.5, 0.6) is 0 Å². The number of ether oxygens (including phenoxy) is 1. The third-order valence-corrected chi connectivity index (χ3v) is 3.65. The molecular weight excluding hydrogens is 315 g/mol. The maximum absolute atomic E-state index is 12.6. The molecule has 1 N–H and O–H groups in total. The summed E-state index contributed by atoms with van der Waals surface area (Å²) in [5.41, 5.74) is -1.35. The first kappa shape index (κ1) is 15.5. The number of amides is 1. The van der Waals surface area contributed by atoms with Gasteiger partial charge in [-0.1, -0.05) is 0 Å². The van der Waals surface area contributed by atoms with Crippen LogP contribution in [0.4, 0.5) is 18.9 Å². The van der Waals surface area contributed by atoms with E-state index >= 15 is 0 Å². The van der Waals surface area contributed by atoms with Crippen molar-refractivity contribution in [2.45, 2.75) is 13.1 Å². The van der Waals surface area contributed by atoms with E-state index in [0.29, 0.717) is 25.0 Å². The minimum absolute atomic E-state index is 0.0363. The summed E-state index contributed by atoms with van der Waals surface area (Å²) in [5, 5.41) is 2.59. The van der Waals surface area contributed by atoms with E-state index in [1.165, 1.54) is 18.2 Å². The highest BCUT2D eigenvalue weighted by Crippen LogP contribution is 2.31. The van der Waals surface area contributed by atoms with Crippen LogP contribution in [0.3, 0.4) is 0 Å². The maximum Gasteiger partial charge on any atom is 0.449 e. The van der Waals surface area contributed by atoms with E-state index in [2.05, 4.69) is 5.32 Å². The van der Waals surface area contributed by atoms with Crippen molar-refractivity contribution in [1.29, 1.82) is 0 Å². The van der Waals surface area contributed by atoms with E-state index in [1.807, 2.05) is 0 Å². The SMILES string of the molecule is CC1(C(=O)Nc2ccc3oc(C(F)(F)F)cc(=O)c3c2)COC1. The number of alkyl halides is 3. The number of benzene rings is 1. The van der Waals surface area contributed by atoms with Gasteiger partial charge in [0.1, 0.15) is 5.58 Å². The average Bonchev–Trinajstić information content (AvgIpc) is 2.44. The lowest BCUT2D eigenvalue weighted by atomic mass is 9.87. The molecule has 0 saturated carbocycles. The van der Waals surface area contributed by atoms with Crippen molar-refractivity contribution in [1.82, 2.24) is 0 Å². The zero-order valence-electron chi connectivity index (χ0n) is 12.0. The topological polar surface area (TPSA) is 68.5 Å². The first-order valence-corrected chi connectivity index (χ1v) is 6.73. The normalized spacial score (nSPS) is 16.9. The van der Waals surface area contributed by atoms with Gasteiger partial charge >= 0.3 is 6.18 Å². The summed E-state index contributed by atoms with van der Waals surface area (Å²) in [5.74, 6) is -1.63. The number of hydrogen-bond donors (Lipinski definition) is 1. The van der Waals surface area contributed by atoms with E-state index in [-0.39, 0.29) is 16.9 Å². The van der Waals surface area contributed by atoms with Gasteiger partial charge in [-0.3, -0.25) is 9.59 Å². The Bertz CT molecular complexity index is 837. The third-order valence-electron chi connectivity index (χ3n) is 3.65. The Morgan fingerprint density at radius 3 is 2.52 bits per heavy atom. The molecule has 0 bridgehead atoms. The van der Waals surface area contributed by atoms with E-state index in [0.717, 1.165) is 0 Å². The van der Waals surface area contributed by atoms with Crippen molar-refractivity contribution in [2.75, 3.05) is 18.5 Å². The van der Waals surface area contributed by atoms with Crippen molar-refractivity contribution < 1.29 is 27.1 Å². The zero-order chi connectivity index (χ0) is 16.8. The molecule has 2 aromatic rings. The average molecular weight is 327 g/mol. The van der Waals surface area contributed by atoms with Crippen molar-refractivity contribution in [3.8, 4) is 0 Å². The van der Waals surface area contributed by atoms with Gasteiger partial charge < -0.3 is 14.5 Å². The Kier molecular flexibility index (Phi) is 3.44. The molecule has 5 nitrogen and oxygen atoms in total. The largest absolute Gasteiger partial charge is 0.451 e. The molecule has 0 atom stereocenters. The first-order valence-electron chi connectivity index (χ1n) is 6.73. The summed E-state index contributed by atoms with van der Waals surface area (Å²) in [4.78, 5) is 23.9. The highest BCUT2D eigenvalue weighted by Gasteiger charge is 2.41. The van der Waals surface area contributed by atoms with E-state index < -0.39 is 22.8 Å². The highest BCUT2D eigenvalue weighted by atomic mass is 19.4. The molecule has 1 saturated heterocycles. The number of carbonyl (C=O) groups is 1. The number of hydrogen-bond acceptors (Lipinski definition) is 4. The minimum Gasteiger partial charge on any atom is -0.451 e. The molecule has 1 fully saturated rings. The number of rotatable bonds is 2. The van der Waals surface area contributed by atoms with Crippen LogP contribution in [0.2, 0.25) is 0 Å². The second-order valence-electron chi connectivity index (χ2n) is 5.69. The van der Waals surface area contributed by atoms with Crippen molar-refractivity contribution >= 4 is 22.6 Å². The van der Waals surface area contributed by atoms with Gasteiger partial charge in [0, 0.05) is 11.8 Å². The molecule has 3 rings (SSSR count). The Labute approximate surface area is 128 Å². The fourth-order valence-corrected chi connectivity index (χ4v) is 2.20. The van der Waals surface area contributed by atoms with Crippen LogP contribution in [-0.2, 0) is 15.7 Å². The van der Waals surface area contributed by atoms with Crippen LogP contribution in [0, 0.1) is 5.41 Å². The van der Waals surface area contributed by atoms with Gasteiger partial charge in [-0.25, -0.2) is 0 Å². The van der Waals surface area contributed by atoms with Gasteiger partial charge in [0.2, 0.25) is 11.7 Å². The molecule has 0 unspecified atom stereocenters. The summed E-state index contributed by atoms with van der Waals surface area (Å²) in [7, 11) is 0. The van der Waals surface area contributed by atoms with E-state index in [4.69, 9.17) is 9.15 Å². The van der Waals surface area contributed by atoms with E-state index in [1.54, 1.807) is 6.92 Å². The van der Waals surface area contributed by atoms with Gasteiger partial charge in [-0.15, -0.1) is 0 Å². The van der Waals surface area contributed by atoms with Gasteiger partial charge in [0.25, 0.3) is 0 Å². The Balaban J connectivity index is 1.95. The van der Waals surface area contributed by atoms with Crippen molar-refractivity contribution in [2.24, 2.45) is 5.41 Å². The van der Waals surface area contributed by atoms with Crippen LogP contribution in [0.1, 0.15) is 12.7 Å². The number of nitrogens with one attached hydrogen (secondary N) is 1. The van der Waals surface area contributed by atoms with Crippen LogP contribution in [-0.4, -0.2) is 19.1 Å². The smallest absolute Gasteiger partial charge is 0.449 e. The molecule has 0 radical (unpaired) electrons. The van der Waals surface area contributed by atoms with Gasteiger partial charge in [-0.05, 0) is 25.1 Å². The molecule has 1 amide bonds. The first-order chi connectivity index (χ1) is 10.7. The van der Waals surface area contributed by atoms with Gasteiger partial charge in [0.05, 0.1) is 24.0 Å². The molecule has 122 valence electrons. The molecule has 1 aromatic carbocycles. The molecule has 1 aromatic heterocycles. The molecule has 1 aliphatic rings. The Hall–Kier alpha value is -2.35. The summed E-state index contributed by atoms with van der Waals surface area (Å²) in [6, 6.07) is 4.30. The quantitative estimate of drug-likeness (QED) is 0.921. The third kappa shape index (κ3) is 2.81. The van der Waals surface area contributed by atoms with Crippen LogP contribution in [0.15, 0.2) is 33.5 Å². The van der Waals surface area contributed by atoms with Gasteiger partial charge in [0.15, 0.2) is 5.43 Å². The fraction of sp³-hybridized carbons (Fsp3) is 0.333. The Morgan fingerprint density at radius 2 is 1.96 bits per heavy atom. The lowest BCUT2D eigenvalue weighted by molar-refractivity contribution is -0.153. The predicted octanol–water partition coefficient (Wildman–Crippen LogP) is 2.79. The maximum atomic E-state index is 12.6. The zero-order valence-corrected chi connectivity index (χ0v) is 12.0. The predicted molar refractivity (Wildman–Crippen MR) is 75.0 cm³/mol. The number of carbonyl (C=O) groups excluding carboxylic acids is 1. The van der Waals surface area contributed by atoms with Crippen LogP contribution < -0.4 is 10.7 Å².